The van der Waals surface area contributed by atoms with Crippen LogP contribution in [-0.4, -0.2) is 46.8 Å². The number of fused-ring (bicyclic) bond motifs is 1. The van der Waals surface area contributed by atoms with Crippen molar-refractivity contribution in [3.63, 3.8) is 0 Å². The molecule has 1 aliphatic rings. The zero-order chi connectivity index (χ0) is 21.8. The summed E-state index contributed by atoms with van der Waals surface area (Å²) in [4.78, 5) is 19.4. The van der Waals surface area contributed by atoms with Gasteiger partial charge in [0.15, 0.2) is 0 Å². The minimum Gasteiger partial charge on any atom is -0.393 e. The number of pyridine rings is 1. The van der Waals surface area contributed by atoms with Crippen LogP contribution in [-0.2, 0) is 0 Å². The van der Waals surface area contributed by atoms with Crippen LogP contribution in [0.2, 0.25) is 0 Å². The minimum absolute atomic E-state index is 0.168. The fraction of sp³-hybridized carbons (Fsp3) is 0.360. The molecule has 2 heterocycles. The van der Waals surface area contributed by atoms with Crippen molar-refractivity contribution in [1.29, 1.82) is 0 Å². The lowest BCUT2D eigenvalue weighted by Gasteiger charge is -2.38. The predicted molar refractivity (Wildman–Crippen MR) is 124 cm³/mol. The number of likely N-dealkylation sites (tertiary alicyclic amines) is 1. The Morgan fingerprint density at radius 2 is 1.94 bits per heavy atom. The summed E-state index contributed by atoms with van der Waals surface area (Å²) in [5.41, 5.74) is 4.93. The Balaban J connectivity index is 1.37. The van der Waals surface area contributed by atoms with E-state index in [2.05, 4.69) is 51.7 Å². The highest BCUT2D eigenvalue weighted by Gasteiger charge is 2.28. The molecule has 2 aromatic carbocycles. The smallest absolute Gasteiger partial charge is 0.319 e. The summed E-state index contributed by atoms with van der Waals surface area (Å²) in [6.45, 7) is 6.08. The lowest BCUT2D eigenvalue weighted by Crippen LogP contribution is -2.43. The molecule has 0 aliphatic carbocycles. The number of piperidine rings is 1. The van der Waals surface area contributed by atoms with Crippen LogP contribution in [0.25, 0.3) is 10.9 Å². The van der Waals surface area contributed by atoms with Crippen molar-refractivity contribution in [3.05, 3.63) is 71.4 Å². The van der Waals surface area contributed by atoms with E-state index in [1.165, 1.54) is 11.1 Å². The van der Waals surface area contributed by atoms with Crippen LogP contribution in [0.15, 0.2) is 54.6 Å². The minimum atomic E-state index is -0.276. The Morgan fingerprint density at radius 3 is 2.74 bits per heavy atom. The maximum Gasteiger partial charge on any atom is 0.319 e. The summed E-state index contributed by atoms with van der Waals surface area (Å²) < 4.78 is 0. The summed E-state index contributed by atoms with van der Waals surface area (Å²) in [7, 11) is 0. The third-order valence-corrected chi connectivity index (χ3v) is 5.92. The number of rotatable bonds is 5. The van der Waals surface area contributed by atoms with Gasteiger partial charge in [-0.25, -0.2) is 4.79 Å². The number of urea groups is 1. The zero-order valence-corrected chi connectivity index (χ0v) is 18.1. The number of anilines is 1. The average molecular weight is 419 g/mol. The number of aromatic nitrogens is 1. The molecule has 1 aliphatic heterocycles. The van der Waals surface area contributed by atoms with Gasteiger partial charge in [0.05, 0.1) is 17.3 Å². The quantitative estimate of drug-likeness (QED) is 0.581. The maximum atomic E-state index is 12.5. The number of para-hydroxylation sites is 1. The van der Waals surface area contributed by atoms with Gasteiger partial charge in [0.2, 0.25) is 0 Å². The van der Waals surface area contributed by atoms with Gasteiger partial charge < -0.3 is 15.7 Å². The van der Waals surface area contributed by atoms with Crippen molar-refractivity contribution in [2.75, 3.05) is 25.0 Å². The van der Waals surface area contributed by atoms with E-state index < -0.39 is 0 Å². The molecule has 0 radical (unpaired) electrons. The molecule has 3 aromatic rings. The molecule has 2 amide bonds. The lowest BCUT2D eigenvalue weighted by atomic mass is 9.93. The molecule has 31 heavy (non-hydrogen) atoms. The molecule has 2 atom stereocenters. The van der Waals surface area contributed by atoms with Gasteiger partial charge in [-0.1, -0.05) is 48.0 Å². The molecule has 2 unspecified atom stereocenters. The SMILES string of the molecule is Cc1ccc(C2CC(O)CCN2CCNC(=O)Nc2cc(C)nc3ccccc23)cc1. The zero-order valence-electron chi connectivity index (χ0n) is 18.1. The average Bonchev–Trinajstić information content (AvgIpc) is 2.75. The number of aliphatic hydroxyl groups excluding tert-OH is 1. The highest BCUT2D eigenvalue weighted by Crippen LogP contribution is 2.31. The third-order valence-electron chi connectivity index (χ3n) is 5.92. The number of nitrogens with one attached hydrogen (secondary N) is 2. The predicted octanol–water partition coefficient (Wildman–Crippen LogP) is 4.17. The fourth-order valence-electron chi connectivity index (χ4n) is 4.29. The first-order valence-corrected chi connectivity index (χ1v) is 10.9. The second kappa shape index (κ2) is 9.45. The molecule has 1 saturated heterocycles. The van der Waals surface area contributed by atoms with Crippen LogP contribution in [0.3, 0.4) is 0 Å². The van der Waals surface area contributed by atoms with E-state index in [4.69, 9.17) is 0 Å². The number of hydrogen-bond acceptors (Lipinski definition) is 4. The molecule has 3 N–H and O–H groups in total. The van der Waals surface area contributed by atoms with Crippen molar-refractivity contribution < 1.29 is 9.90 Å². The van der Waals surface area contributed by atoms with Crippen LogP contribution in [0, 0.1) is 13.8 Å². The van der Waals surface area contributed by atoms with Crippen LogP contribution < -0.4 is 10.6 Å². The molecule has 162 valence electrons. The summed E-state index contributed by atoms with van der Waals surface area (Å²) in [6.07, 6.45) is 1.20. The maximum absolute atomic E-state index is 12.5. The largest absolute Gasteiger partial charge is 0.393 e. The molecular weight excluding hydrogens is 388 g/mol. The number of benzene rings is 2. The van der Waals surface area contributed by atoms with Gasteiger partial charge in [0, 0.05) is 36.8 Å². The monoisotopic (exact) mass is 418 g/mol. The molecule has 0 spiro atoms. The standard InChI is InChI=1S/C25H30N4O2/c1-17-7-9-19(10-8-17)24-16-20(30)11-13-29(24)14-12-26-25(31)28-23-15-18(2)27-22-6-4-3-5-21(22)23/h3-10,15,20,24,30H,11-14,16H2,1-2H3,(H2,26,27,28,31). The van der Waals surface area contributed by atoms with Gasteiger partial charge in [-0.05, 0) is 44.4 Å². The summed E-state index contributed by atoms with van der Waals surface area (Å²) in [6, 6.07) is 18.1. The Bertz CT molecular complexity index is 1050. The van der Waals surface area contributed by atoms with Crippen molar-refractivity contribution in [2.24, 2.45) is 0 Å². The number of carbonyl (C=O) groups is 1. The lowest BCUT2D eigenvalue weighted by molar-refractivity contribution is 0.0417. The van der Waals surface area contributed by atoms with Crippen molar-refractivity contribution in [1.82, 2.24) is 15.2 Å². The van der Waals surface area contributed by atoms with Gasteiger partial charge in [-0.2, -0.15) is 0 Å². The van der Waals surface area contributed by atoms with E-state index in [0.717, 1.165) is 48.2 Å². The summed E-state index contributed by atoms with van der Waals surface area (Å²) in [5, 5.41) is 17.1. The Morgan fingerprint density at radius 1 is 1.16 bits per heavy atom. The van der Waals surface area contributed by atoms with Gasteiger partial charge in [-0.15, -0.1) is 0 Å². The second-order valence-electron chi connectivity index (χ2n) is 8.35. The van der Waals surface area contributed by atoms with Crippen molar-refractivity contribution in [3.8, 4) is 0 Å². The number of aliphatic hydroxyl groups is 1. The highest BCUT2D eigenvalue weighted by molar-refractivity contribution is 6.00. The highest BCUT2D eigenvalue weighted by atomic mass is 16.3. The first kappa shape index (κ1) is 21.3. The molecular formula is C25H30N4O2. The Kier molecular flexibility index (Phi) is 6.49. The van der Waals surface area contributed by atoms with Crippen molar-refractivity contribution in [2.45, 2.75) is 38.8 Å². The Labute approximate surface area is 183 Å². The van der Waals surface area contributed by atoms with E-state index in [1.807, 2.05) is 37.3 Å². The summed E-state index contributed by atoms with van der Waals surface area (Å²) >= 11 is 0. The molecule has 1 fully saturated rings. The molecule has 6 heteroatoms. The van der Waals surface area contributed by atoms with Crippen molar-refractivity contribution >= 4 is 22.6 Å². The second-order valence-corrected chi connectivity index (χ2v) is 8.35. The molecule has 0 saturated carbocycles. The number of carbonyl (C=O) groups excluding carboxylic acids is 1. The summed E-state index contributed by atoms with van der Waals surface area (Å²) in [5.74, 6) is 0. The van der Waals surface area contributed by atoms with E-state index in [1.54, 1.807) is 0 Å². The normalized spacial score (nSPS) is 19.3. The van der Waals surface area contributed by atoms with Crippen LogP contribution in [0.1, 0.15) is 35.7 Å². The number of hydrogen-bond donors (Lipinski definition) is 3. The number of aryl methyl sites for hydroxylation is 2. The molecule has 6 nitrogen and oxygen atoms in total. The van der Waals surface area contributed by atoms with E-state index in [-0.39, 0.29) is 18.2 Å². The molecule has 1 aromatic heterocycles. The topological polar surface area (TPSA) is 77.5 Å². The fourth-order valence-corrected chi connectivity index (χ4v) is 4.29. The van der Waals surface area contributed by atoms with Gasteiger partial charge in [-0.3, -0.25) is 9.88 Å². The first-order valence-electron chi connectivity index (χ1n) is 10.9. The molecule has 4 rings (SSSR count). The number of amides is 2. The van der Waals surface area contributed by atoms with Crippen LogP contribution in [0.5, 0.6) is 0 Å². The molecule has 0 bridgehead atoms. The van der Waals surface area contributed by atoms with E-state index >= 15 is 0 Å². The Hall–Kier alpha value is -2.96. The van der Waals surface area contributed by atoms with Crippen LogP contribution >= 0.6 is 0 Å². The van der Waals surface area contributed by atoms with Gasteiger partial charge >= 0.3 is 6.03 Å². The number of nitrogens with zero attached hydrogens (tertiary/aromatic N) is 2. The van der Waals surface area contributed by atoms with Gasteiger partial charge in [0.25, 0.3) is 0 Å². The third kappa shape index (κ3) is 5.21. The van der Waals surface area contributed by atoms with Gasteiger partial charge in [0.1, 0.15) is 0 Å². The van der Waals surface area contributed by atoms with E-state index in [9.17, 15) is 9.90 Å². The first-order chi connectivity index (χ1) is 15.0. The van der Waals surface area contributed by atoms with E-state index in [0.29, 0.717) is 6.54 Å². The van der Waals surface area contributed by atoms with Crippen LogP contribution in [0.4, 0.5) is 10.5 Å².